The highest BCUT2D eigenvalue weighted by Crippen LogP contribution is 2.22. The molecule has 0 saturated carbocycles. The van der Waals surface area contributed by atoms with Gasteiger partial charge in [-0.05, 0) is 56.0 Å². The molecule has 0 spiro atoms. The largest absolute Gasteiger partial charge is 0.444 e. The Morgan fingerprint density at radius 3 is 2.79 bits per heavy atom. The van der Waals surface area contributed by atoms with Crippen molar-refractivity contribution in [3.05, 3.63) is 60.6 Å². The molecule has 0 aliphatic rings. The van der Waals surface area contributed by atoms with Crippen molar-refractivity contribution >= 4 is 22.7 Å². The highest BCUT2D eigenvalue weighted by Gasteiger charge is 2.16. The molecule has 0 fully saturated rings. The van der Waals surface area contributed by atoms with Crippen LogP contribution in [0.15, 0.2) is 55.0 Å². The second-order valence-electron chi connectivity index (χ2n) is 6.71. The predicted octanol–water partition coefficient (Wildman–Crippen LogP) is 4.43. The number of hydrogen-bond acceptors (Lipinski definition) is 3. The smallest absolute Gasteiger partial charge is 0.412 e. The Morgan fingerprint density at radius 1 is 1.25 bits per heavy atom. The molecule has 0 unspecified atom stereocenters. The average molecular weight is 323 g/mol. The number of nitrogens with one attached hydrogen (secondary N) is 1. The van der Waals surface area contributed by atoms with E-state index in [0.717, 1.165) is 23.0 Å². The van der Waals surface area contributed by atoms with E-state index in [2.05, 4.69) is 20.9 Å². The summed E-state index contributed by atoms with van der Waals surface area (Å²) in [4.78, 5) is 16.1. The van der Waals surface area contributed by atoms with Gasteiger partial charge in [-0.25, -0.2) is 4.79 Å². The van der Waals surface area contributed by atoms with Gasteiger partial charge < -0.3 is 9.30 Å². The zero-order chi connectivity index (χ0) is 17.2. The van der Waals surface area contributed by atoms with Crippen LogP contribution in [0.5, 0.6) is 0 Å². The van der Waals surface area contributed by atoms with Gasteiger partial charge in [-0.2, -0.15) is 0 Å². The van der Waals surface area contributed by atoms with Gasteiger partial charge in [-0.15, -0.1) is 0 Å². The lowest BCUT2D eigenvalue weighted by molar-refractivity contribution is 0.0636. The van der Waals surface area contributed by atoms with Crippen LogP contribution < -0.4 is 5.32 Å². The molecule has 2 aromatic heterocycles. The van der Waals surface area contributed by atoms with E-state index in [4.69, 9.17) is 4.74 Å². The molecule has 1 amide bonds. The van der Waals surface area contributed by atoms with E-state index in [1.807, 2.05) is 63.5 Å². The Hall–Kier alpha value is -2.82. The van der Waals surface area contributed by atoms with Gasteiger partial charge in [0.25, 0.3) is 0 Å². The quantitative estimate of drug-likeness (QED) is 0.775. The summed E-state index contributed by atoms with van der Waals surface area (Å²) in [6.45, 7) is 6.26. The predicted molar refractivity (Wildman–Crippen MR) is 95.1 cm³/mol. The van der Waals surface area contributed by atoms with Crippen LogP contribution in [-0.4, -0.2) is 21.2 Å². The van der Waals surface area contributed by atoms with E-state index in [9.17, 15) is 4.79 Å². The molecule has 5 heteroatoms. The van der Waals surface area contributed by atoms with E-state index in [1.54, 1.807) is 6.20 Å². The van der Waals surface area contributed by atoms with E-state index in [-0.39, 0.29) is 0 Å². The maximum Gasteiger partial charge on any atom is 0.412 e. The molecule has 0 radical (unpaired) electrons. The summed E-state index contributed by atoms with van der Waals surface area (Å²) < 4.78 is 7.43. The molecule has 1 aromatic carbocycles. The summed E-state index contributed by atoms with van der Waals surface area (Å²) in [6.07, 6.45) is 5.20. The minimum atomic E-state index is -0.519. The first-order valence-corrected chi connectivity index (χ1v) is 7.88. The van der Waals surface area contributed by atoms with Crippen molar-refractivity contribution < 1.29 is 9.53 Å². The summed E-state index contributed by atoms with van der Waals surface area (Å²) in [6, 6.07) is 11.8. The minimum absolute atomic E-state index is 0.452. The summed E-state index contributed by atoms with van der Waals surface area (Å²) in [5.74, 6) is 0. The van der Waals surface area contributed by atoms with Crippen molar-refractivity contribution in [1.29, 1.82) is 0 Å². The highest BCUT2D eigenvalue weighted by atomic mass is 16.6. The van der Waals surface area contributed by atoms with Gasteiger partial charge in [0.1, 0.15) is 5.60 Å². The first kappa shape index (κ1) is 16.1. The maximum atomic E-state index is 11.9. The number of hydrogen-bond donors (Lipinski definition) is 1. The Bertz CT molecular complexity index is 848. The van der Waals surface area contributed by atoms with Crippen LogP contribution in [0.25, 0.3) is 10.9 Å². The molecule has 0 aliphatic heterocycles. The normalized spacial score (nSPS) is 11.5. The van der Waals surface area contributed by atoms with Crippen LogP contribution in [0.1, 0.15) is 26.3 Å². The number of carbonyl (C=O) groups is 1. The van der Waals surface area contributed by atoms with Gasteiger partial charge >= 0.3 is 6.09 Å². The lowest BCUT2D eigenvalue weighted by Crippen LogP contribution is -2.27. The van der Waals surface area contributed by atoms with Gasteiger partial charge in [-0.3, -0.25) is 10.3 Å². The fourth-order valence-corrected chi connectivity index (χ4v) is 2.51. The second-order valence-corrected chi connectivity index (χ2v) is 6.71. The lowest BCUT2D eigenvalue weighted by Gasteiger charge is -2.19. The number of aromatic nitrogens is 2. The standard InChI is InChI=1S/C19H21N3O2/c1-19(2,3)24-18(23)21-16-7-6-15-8-10-22(17(15)11-16)13-14-5-4-9-20-12-14/h4-12H,13H2,1-3H3,(H,21,23). The third kappa shape index (κ3) is 3.93. The molecular formula is C19H21N3O2. The van der Waals surface area contributed by atoms with Gasteiger partial charge in [0, 0.05) is 30.8 Å². The number of nitrogens with zero attached hydrogens (tertiary/aromatic N) is 2. The van der Waals surface area contributed by atoms with Crippen molar-refractivity contribution in [2.45, 2.75) is 32.9 Å². The van der Waals surface area contributed by atoms with Crippen LogP contribution >= 0.6 is 0 Å². The van der Waals surface area contributed by atoms with E-state index in [0.29, 0.717) is 5.69 Å². The summed E-state index contributed by atoms with van der Waals surface area (Å²) in [5.41, 5.74) is 2.37. The number of pyridine rings is 1. The third-order valence-corrected chi connectivity index (χ3v) is 3.49. The summed E-state index contributed by atoms with van der Waals surface area (Å²) in [5, 5.41) is 3.90. The van der Waals surface area contributed by atoms with Crippen molar-refractivity contribution in [3.8, 4) is 0 Å². The van der Waals surface area contributed by atoms with Crippen LogP contribution in [0.3, 0.4) is 0 Å². The van der Waals surface area contributed by atoms with Crippen LogP contribution in [-0.2, 0) is 11.3 Å². The first-order valence-electron chi connectivity index (χ1n) is 7.88. The van der Waals surface area contributed by atoms with Gasteiger partial charge in [0.05, 0.1) is 5.52 Å². The van der Waals surface area contributed by atoms with Gasteiger partial charge in [0.15, 0.2) is 0 Å². The lowest BCUT2D eigenvalue weighted by atomic mass is 10.2. The Balaban J connectivity index is 1.82. The van der Waals surface area contributed by atoms with Crippen LogP contribution in [0, 0.1) is 0 Å². The van der Waals surface area contributed by atoms with Crippen molar-refractivity contribution in [3.63, 3.8) is 0 Å². The molecule has 1 N–H and O–H groups in total. The van der Waals surface area contributed by atoms with Crippen molar-refractivity contribution in [2.75, 3.05) is 5.32 Å². The monoisotopic (exact) mass is 323 g/mol. The number of rotatable bonds is 3. The van der Waals surface area contributed by atoms with E-state index >= 15 is 0 Å². The molecule has 124 valence electrons. The van der Waals surface area contributed by atoms with Gasteiger partial charge in [-0.1, -0.05) is 12.1 Å². The number of amides is 1. The number of carbonyl (C=O) groups excluding carboxylic acids is 1. The molecule has 24 heavy (non-hydrogen) atoms. The Morgan fingerprint density at radius 2 is 2.08 bits per heavy atom. The molecule has 5 nitrogen and oxygen atoms in total. The van der Waals surface area contributed by atoms with E-state index in [1.165, 1.54) is 0 Å². The molecule has 3 rings (SSSR count). The van der Waals surface area contributed by atoms with Gasteiger partial charge in [0.2, 0.25) is 0 Å². The maximum absolute atomic E-state index is 11.9. The van der Waals surface area contributed by atoms with E-state index < -0.39 is 11.7 Å². The zero-order valence-corrected chi connectivity index (χ0v) is 14.1. The van der Waals surface area contributed by atoms with Crippen LogP contribution in [0.2, 0.25) is 0 Å². The minimum Gasteiger partial charge on any atom is -0.444 e. The number of fused-ring (bicyclic) bond motifs is 1. The molecule has 3 aromatic rings. The topological polar surface area (TPSA) is 56.1 Å². The highest BCUT2D eigenvalue weighted by molar-refractivity contribution is 5.90. The number of anilines is 1. The Labute approximate surface area is 141 Å². The molecule has 2 heterocycles. The summed E-state index contributed by atoms with van der Waals surface area (Å²) >= 11 is 0. The fourth-order valence-electron chi connectivity index (χ4n) is 2.51. The number of ether oxygens (including phenoxy) is 1. The van der Waals surface area contributed by atoms with Crippen LogP contribution in [0.4, 0.5) is 10.5 Å². The van der Waals surface area contributed by atoms with Crippen molar-refractivity contribution in [1.82, 2.24) is 9.55 Å². The zero-order valence-electron chi connectivity index (χ0n) is 14.1. The molecule has 0 aliphatic carbocycles. The molecule has 0 saturated heterocycles. The fraction of sp³-hybridized carbons (Fsp3) is 0.263. The Kier molecular flexibility index (Phi) is 4.25. The summed E-state index contributed by atoms with van der Waals surface area (Å²) in [7, 11) is 0. The number of benzene rings is 1. The second kappa shape index (κ2) is 6.35. The molecular weight excluding hydrogens is 302 g/mol. The SMILES string of the molecule is CC(C)(C)OC(=O)Nc1ccc2ccn(Cc3cccnc3)c2c1. The van der Waals surface area contributed by atoms with Crippen molar-refractivity contribution in [2.24, 2.45) is 0 Å². The molecule has 0 atom stereocenters. The molecule has 0 bridgehead atoms. The average Bonchev–Trinajstić information content (AvgIpc) is 2.89. The third-order valence-electron chi connectivity index (χ3n) is 3.49. The first-order chi connectivity index (χ1) is 11.4.